The van der Waals surface area contributed by atoms with Crippen LogP contribution in [0.3, 0.4) is 0 Å². The summed E-state index contributed by atoms with van der Waals surface area (Å²) < 4.78 is 5.28. The smallest absolute Gasteiger partial charge is 0.311 e. The van der Waals surface area contributed by atoms with Gasteiger partial charge in [-0.25, -0.2) is 0 Å². The van der Waals surface area contributed by atoms with Crippen molar-refractivity contribution in [2.24, 2.45) is 0 Å². The second kappa shape index (κ2) is 14.2. The standard InChI is InChI=1S/C23H37NO3/c1-4-5-6-7-13-18-22(25)24(3)20(2)15-10-8-14-19-23(26)27-21-16-11-9-12-17-21/h9,11-12,16-17,20H,4-8,10,13-15,18-19H2,1-3H3. The Morgan fingerprint density at radius 1 is 0.926 bits per heavy atom. The maximum absolute atomic E-state index is 12.2. The van der Waals surface area contributed by atoms with E-state index < -0.39 is 0 Å². The lowest BCUT2D eigenvalue weighted by atomic mass is 10.1. The topological polar surface area (TPSA) is 46.6 Å². The highest BCUT2D eigenvalue weighted by molar-refractivity contribution is 5.76. The Hall–Kier alpha value is -1.84. The van der Waals surface area contributed by atoms with E-state index in [9.17, 15) is 9.59 Å². The zero-order chi connectivity index (χ0) is 19.9. The first kappa shape index (κ1) is 23.2. The number of esters is 1. The molecule has 27 heavy (non-hydrogen) atoms. The van der Waals surface area contributed by atoms with Crippen LogP contribution in [0.2, 0.25) is 0 Å². The van der Waals surface area contributed by atoms with Crippen molar-refractivity contribution in [1.29, 1.82) is 0 Å². The minimum Gasteiger partial charge on any atom is -0.427 e. The minimum absolute atomic E-state index is 0.176. The Morgan fingerprint density at radius 2 is 1.56 bits per heavy atom. The van der Waals surface area contributed by atoms with Crippen molar-refractivity contribution >= 4 is 11.9 Å². The van der Waals surface area contributed by atoms with Gasteiger partial charge < -0.3 is 9.64 Å². The average molecular weight is 376 g/mol. The van der Waals surface area contributed by atoms with E-state index in [0.717, 1.165) is 38.5 Å². The molecule has 0 radical (unpaired) electrons. The molecule has 0 fully saturated rings. The molecule has 0 N–H and O–H groups in total. The van der Waals surface area contributed by atoms with E-state index in [1.807, 2.05) is 30.1 Å². The van der Waals surface area contributed by atoms with Gasteiger partial charge in [0.15, 0.2) is 0 Å². The number of unbranched alkanes of at least 4 members (excludes halogenated alkanes) is 6. The molecule has 1 atom stereocenters. The predicted molar refractivity (Wildman–Crippen MR) is 111 cm³/mol. The molecule has 0 aromatic heterocycles. The number of carbonyl (C=O) groups excluding carboxylic acids is 2. The average Bonchev–Trinajstić information content (AvgIpc) is 2.67. The van der Waals surface area contributed by atoms with Gasteiger partial charge in [0.2, 0.25) is 5.91 Å². The van der Waals surface area contributed by atoms with E-state index in [0.29, 0.717) is 18.6 Å². The molecular weight excluding hydrogens is 338 g/mol. The first-order chi connectivity index (χ1) is 13.0. The van der Waals surface area contributed by atoms with Crippen LogP contribution in [0.15, 0.2) is 30.3 Å². The van der Waals surface area contributed by atoms with Crippen molar-refractivity contribution in [2.75, 3.05) is 7.05 Å². The molecule has 4 nitrogen and oxygen atoms in total. The summed E-state index contributed by atoms with van der Waals surface area (Å²) in [4.78, 5) is 25.9. The van der Waals surface area contributed by atoms with Gasteiger partial charge in [-0.3, -0.25) is 9.59 Å². The molecule has 0 aliphatic rings. The lowest BCUT2D eigenvalue weighted by molar-refractivity contribution is -0.134. The molecular formula is C23H37NO3. The summed E-state index contributed by atoms with van der Waals surface area (Å²) in [5, 5.41) is 0. The third-order valence-corrected chi connectivity index (χ3v) is 5.03. The maximum Gasteiger partial charge on any atom is 0.311 e. The fourth-order valence-electron chi connectivity index (χ4n) is 3.05. The molecule has 4 heteroatoms. The van der Waals surface area contributed by atoms with Gasteiger partial charge in [-0.2, -0.15) is 0 Å². The molecule has 0 saturated carbocycles. The molecule has 1 unspecified atom stereocenters. The second-order valence-corrected chi connectivity index (χ2v) is 7.40. The van der Waals surface area contributed by atoms with Gasteiger partial charge in [0, 0.05) is 25.9 Å². The van der Waals surface area contributed by atoms with Crippen LogP contribution in [0.5, 0.6) is 5.75 Å². The number of ether oxygens (including phenoxy) is 1. The SMILES string of the molecule is CCCCCCCC(=O)N(C)C(C)CCCCCC(=O)Oc1ccccc1. The third-order valence-electron chi connectivity index (χ3n) is 5.03. The van der Waals surface area contributed by atoms with Crippen LogP contribution in [0.25, 0.3) is 0 Å². The highest BCUT2D eigenvalue weighted by Gasteiger charge is 2.15. The van der Waals surface area contributed by atoms with Gasteiger partial charge in [0.25, 0.3) is 0 Å². The summed E-state index contributed by atoms with van der Waals surface area (Å²) in [6, 6.07) is 9.43. The zero-order valence-corrected chi connectivity index (χ0v) is 17.4. The van der Waals surface area contributed by atoms with E-state index >= 15 is 0 Å². The van der Waals surface area contributed by atoms with Gasteiger partial charge in [-0.1, -0.05) is 63.6 Å². The zero-order valence-electron chi connectivity index (χ0n) is 17.4. The summed E-state index contributed by atoms with van der Waals surface area (Å²) in [5.74, 6) is 0.681. The highest BCUT2D eigenvalue weighted by Crippen LogP contribution is 2.14. The molecule has 0 aliphatic heterocycles. The van der Waals surface area contributed by atoms with Crippen LogP contribution in [-0.4, -0.2) is 29.9 Å². The number of rotatable bonds is 14. The molecule has 0 heterocycles. The predicted octanol–water partition coefficient (Wildman–Crippen LogP) is 5.75. The van der Waals surface area contributed by atoms with Gasteiger partial charge >= 0.3 is 5.97 Å². The molecule has 1 aromatic rings. The van der Waals surface area contributed by atoms with Crippen LogP contribution < -0.4 is 4.74 Å². The van der Waals surface area contributed by atoms with Crippen molar-refractivity contribution in [3.63, 3.8) is 0 Å². The third kappa shape index (κ3) is 10.8. The lowest BCUT2D eigenvalue weighted by Crippen LogP contribution is -2.34. The second-order valence-electron chi connectivity index (χ2n) is 7.40. The number of carbonyl (C=O) groups is 2. The normalized spacial score (nSPS) is 11.8. The first-order valence-electron chi connectivity index (χ1n) is 10.6. The summed E-state index contributed by atoms with van der Waals surface area (Å²) >= 11 is 0. The number of amides is 1. The summed E-state index contributed by atoms with van der Waals surface area (Å²) in [7, 11) is 1.91. The quantitative estimate of drug-likeness (QED) is 0.236. The molecule has 1 rings (SSSR count). The molecule has 0 saturated heterocycles. The number of hydrogen-bond donors (Lipinski definition) is 0. The van der Waals surface area contributed by atoms with E-state index in [4.69, 9.17) is 4.74 Å². The van der Waals surface area contributed by atoms with E-state index in [1.165, 1.54) is 19.3 Å². The van der Waals surface area contributed by atoms with Crippen molar-refractivity contribution in [3.8, 4) is 5.75 Å². The van der Waals surface area contributed by atoms with Crippen molar-refractivity contribution in [1.82, 2.24) is 4.90 Å². The summed E-state index contributed by atoms with van der Waals surface area (Å²) in [6.07, 6.45) is 10.8. The van der Waals surface area contributed by atoms with Crippen molar-refractivity contribution in [3.05, 3.63) is 30.3 Å². The fourth-order valence-corrected chi connectivity index (χ4v) is 3.05. The molecule has 0 aliphatic carbocycles. The highest BCUT2D eigenvalue weighted by atomic mass is 16.5. The maximum atomic E-state index is 12.2. The van der Waals surface area contributed by atoms with Crippen molar-refractivity contribution < 1.29 is 14.3 Å². The Labute approximate surface area is 165 Å². The molecule has 1 aromatic carbocycles. The van der Waals surface area contributed by atoms with Gasteiger partial charge in [-0.15, -0.1) is 0 Å². The van der Waals surface area contributed by atoms with Gasteiger partial charge in [0.05, 0.1) is 0 Å². The summed E-state index contributed by atoms with van der Waals surface area (Å²) in [6.45, 7) is 4.31. The number of hydrogen-bond acceptors (Lipinski definition) is 3. The molecule has 0 spiro atoms. The Bertz CT molecular complexity index is 530. The monoisotopic (exact) mass is 375 g/mol. The van der Waals surface area contributed by atoms with Crippen LogP contribution >= 0.6 is 0 Å². The van der Waals surface area contributed by atoms with E-state index in [-0.39, 0.29) is 17.9 Å². The Kier molecular flexibility index (Phi) is 12.2. The molecule has 1 amide bonds. The van der Waals surface area contributed by atoms with Crippen LogP contribution in [0.4, 0.5) is 0 Å². The number of benzene rings is 1. The fraction of sp³-hybridized carbons (Fsp3) is 0.652. The van der Waals surface area contributed by atoms with Crippen LogP contribution in [-0.2, 0) is 9.59 Å². The molecule has 152 valence electrons. The molecule has 0 bridgehead atoms. The van der Waals surface area contributed by atoms with Gasteiger partial charge in [0.1, 0.15) is 5.75 Å². The Morgan fingerprint density at radius 3 is 2.26 bits per heavy atom. The van der Waals surface area contributed by atoms with E-state index in [2.05, 4.69) is 13.8 Å². The minimum atomic E-state index is -0.176. The van der Waals surface area contributed by atoms with Gasteiger partial charge in [-0.05, 0) is 38.3 Å². The Balaban J connectivity index is 2.09. The first-order valence-corrected chi connectivity index (χ1v) is 10.6. The number of para-hydroxylation sites is 1. The lowest BCUT2D eigenvalue weighted by Gasteiger charge is -2.25. The number of nitrogens with zero attached hydrogens (tertiary/aromatic N) is 1. The summed E-state index contributed by atoms with van der Waals surface area (Å²) in [5.41, 5.74) is 0. The van der Waals surface area contributed by atoms with Crippen molar-refractivity contribution in [2.45, 2.75) is 90.5 Å². The van der Waals surface area contributed by atoms with Crippen LogP contribution in [0, 0.1) is 0 Å². The van der Waals surface area contributed by atoms with E-state index in [1.54, 1.807) is 12.1 Å². The largest absolute Gasteiger partial charge is 0.427 e. The van der Waals surface area contributed by atoms with Crippen LogP contribution in [0.1, 0.15) is 84.5 Å².